The van der Waals surface area contributed by atoms with Crippen molar-refractivity contribution in [3.63, 3.8) is 0 Å². The van der Waals surface area contributed by atoms with Crippen LogP contribution in [0.15, 0.2) is 18.2 Å². The fourth-order valence-electron chi connectivity index (χ4n) is 3.90. The Morgan fingerprint density at radius 2 is 2.00 bits per heavy atom. The minimum atomic E-state index is -0.828. The van der Waals surface area contributed by atoms with Gasteiger partial charge in [-0.05, 0) is 39.2 Å². The van der Waals surface area contributed by atoms with E-state index >= 15 is 0 Å². The number of nitrogens with one attached hydrogen (secondary N) is 1. The maximum absolute atomic E-state index is 13.5. The first-order chi connectivity index (χ1) is 11.7. The smallest absolute Gasteiger partial charge is 0.306 e. The van der Waals surface area contributed by atoms with Gasteiger partial charge in [-0.1, -0.05) is 12.5 Å². The van der Waals surface area contributed by atoms with Crippen molar-refractivity contribution in [2.24, 2.45) is 11.8 Å². The van der Waals surface area contributed by atoms with Crippen LogP contribution in [0.1, 0.15) is 57.6 Å². The predicted octanol–water partition coefficient (Wildman–Crippen LogP) is 3.44. The molecule has 1 fully saturated rings. The van der Waals surface area contributed by atoms with Crippen molar-refractivity contribution in [3.8, 4) is 5.75 Å². The first kappa shape index (κ1) is 17.7. The third-order valence-electron chi connectivity index (χ3n) is 5.14. The Kier molecular flexibility index (Phi) is 4.71. The molecule has 25 heavy (non-hydrogen) atoms. The van der Waals surface area contributed by atoms with Gasteiger partial charge in [-0.25, -0.2) is 4.39 Å². The van der Waals surface area contributed by atoms with Gasteiger partial charge < -0.3 is 15.2 Å². The predicted molar refractivity (Wildman–Crippen MR) is 89.7 cm³/mol. The van der Waals surface area contributed by atoms with Crippen LogP contribution in [-0.2, 0) is 9.59 Å². The molecule has 0 bridgehead atoms. The van der Waals surface area contributed by atoms with Crippen LogP contribution in [0.2, 0.25) is 0 Å². The van der Waals surface area contributed by atoms with E-state index in [1.54, 1.807) is 6.07 Å². The molecule has 0 aromatic heterocycles. The maximum atomic E-state index is 13.5. The normalized spacial score (nSPS) is 27.7. The van der Waals surface area contributed by atoms with Crippen LogP contribution >= 0.6 is 0 Å². The SMILES string of the molecule is CC1(C)CC(NC(=O)C2CCCC(C(=O)O)C2)c2ccc(F)cc2O1. The Morgan fingerprint density at radius 3 is 2.72 bits per heavy atom. The van der Waals surface area contributed by atoms with Gasteiger partial charge >= 0.3 is 5.97 Å². The number of carbonyl (C=O) groups excluding carboxylic acids is 1. The van der Waals surface area contributed by atoms with Crippen molar-refractivity contribution in [1.82, 2.24) is 5.32 Å². The molecule has 3 atom stereocenters. The molecule has 2 aliphatic rings. The van der Waals surface area contributed by atoms with Gasteiger partial charge in [0.2, 0.25) is 5.91 Å². The van der Waals surface area contributed by atoms with Crippen LogP contribution in [-0.4, -0.2) is 22.6 Å². The van der Waals surface area contributed by atoms with Crippen molar-refractivity contribution in [3.05, 3.63) is 29.6 Å². The van der Waals surface area contributed by atoms with Gasteiger partial charge in [-0.3, -0.25) is 9.59 Å². The number of halogens is 1. The van der Waals surface area contributed by atoms with Crippen molar-refractivity contribution in [2.75, 3.05) is 0 Å². The van der Waals surface area contributed by atoms with Crippen molar-refractivity contribution in [2.45, 2.75) is 57.6 Å². The van der Waals surface area contributed by atoms with E-state index in [9.17, 15) is 19.1 Å². The number of amides is 1. The number of carboxylic acid groups (broad SMARTS) is 1. The number of ether oxygens (including phenoxy) is 1. The zero-order chi connectivity index (χ0) is 18.2. The summed E-state index contributed by atoms with van der Waals surface area (Å²) < 4.78 is 19.4. The second kappa shape index (κ2) is 6.65. The average Bonchev–Trinajstić information content (AvgIpc) is 2.53. The lowest BCUT2D eigenvalue weighted by Gasteiger charge is -2.38. The molecule has 0 spiro atoms. The molecule has 1 aliphatic heterocycles. The standard InChI is InChI=1S/C19H24FNO4/c1-19(2)10-15(14-7-6-13(20)9-16(14)25-19)21-17(22)11-4-3-5-12(8-11)18(23)24/h6-7,9,11-12,15H,3-5,8,10H2,1-2H3,(H,21,22)(H,23,24). The first-order valence-corrected chi connectivity index (χ1v) is 8.77. The molecule has 0 saturated heterocycles. The largest absolute Gasteiger partial charge is 0.487 e. The number of rotatable bonds is 3. The first-order valence-electron chi connectivity index (χ1n) is 8.77. The van der Waals surface area contributed by atoms with Gasteiger partial charge in [0, 0.05) is 24.0 Å². The van der Waals surface area contributed by atoms with E-state index in [2.05, 4.69) is 5.32 Å². The number of aliphatic carboxylic acids is 1. The Balaban J connectivity index is 1.76. The molecule has 1 aliphatic carbocycles. The third-order valence-corrected chi connectivity index (χ3v) is 5.14. The van der Waals surface area contributed by atoms with Crippen LogP contribution < -0.4 is 10.1 Å². The molecule has 6 heteroatoms. The number of hydrogen-bond donors (Lipinski definition) is 2. The summed E-state index contributed by atoms with van der Waals surface area (Å²) in [5.41, 5.74) is 0.245. The molecule has 5 nitrogen and oxygen atoms in total. The maximum Gasteiger partial charge on any atom is 0.306 e. The molecule has 136 valence electrons. The second-order valence-electron chi connectivity index (χ2n) is 7.71. The van der Waals surface area contributed by atoms with E-state index in [4.69, 9.17) is 4.74 Å². The summed E-state index contributed by atoms with van der Waals surface area (Å²) >= 11 is 0. The summed E-state index contributed by atoms with van der Waals surface area (Å²) in [6.07, 6.45) is 3.04. The molecule has 3 unspecified atom stereocenters. The van der Waals surface area contributed by atoms with E-state index in [1.165, 1.54) is 12.1 Å². The topological polar surface area (TPSA) is 75.6 Å². The Morgan fingerprint density at radius 1 is 1.28 bits per heavy atom. The number of carbonyl (C=O) groups is 2. The molecule has 1 heterocycles. The summed E-state index contributed by atoms with van der Waals surface area (Å²) in [6, 6.07) is 4.08. The van der Waals surface area contributed by atoms with Crippen LogP contribution in [0.25, 0.3) is 0 Å². The van der Waals surface area contributed by atoms with Gasteiger partial charge in [0.15, 0.2) is 0 Å². The highest BCUT2D eigenvalue weighted by atomic mass is 19.1. The molecular formula is C19H24FNO4. The van der Waals surface area contributed by atoms with Crippen molar-refractivity contribution in [1.29, 1.82) is 0 Å². The fraction of sp³-hybridized carbons (Fsp3) is 0.579. The number of benzene rings is 1. The average molecular weight is 349 g/mol. The molecular weight excluding hydrogens is 325 g/mol. The zero-order valence-corrected chi connectivity index (χ0v) is 14.5. The molecule has 1 aromatic rings. The Labute approximate surface area is 146 Å². The van der Waals surface area contributed by atoms with Crippen LogP contribution in [0.4, 0.5) is 4.39 Å². The Bertz CT molecular complexity index is 688. The molecule has 2 N–H and O–H groups in total. The van der Waals surface area contributed by atoms with Gasteiger partial charge in [-0.2, -0.15) is 0 Å². The molecule has 1 amide bonds. The number of carboxylic acids is 1. The second-order valence-corrected chi connectivity index (χ2v) is 7.71. The quantitative estimate of drug-likeness (QED) is 0.876. The molecule has 0 radical (unpaired) electrons. The van der Waals surface area contributed by atoms with E-state index in [1.807, 2.05) is 13.8 Å². The van der Waals surface area contributed by atoms with E-state index in [0.717, 1.165) is 12.0 Å². The lowest BCUT2D eigenvalue weighted by atomic mass is 9.80. The molecule has 3 rings (SSSR count). The van der Waals surface area contributed by atoms with E-state index in [0.29, 0.717) is 31.4 Å². The fourth-order valence-corrected chi connectivity index (χ4v) is 3.90. The van der Waals surface area contributed by atoms with Crippen LogP contribution in [0, 0.1) is 17.7 Å². The van der Waals surface area contributed by atoms with Crippen molar-refractivity contribution >= 4 is 11.9 Å². The number of fused-ring (bicyclic) bond motifs is 1. The monoisotopic (exact) mass is 349 g/mol. The van der Waals surface area contributed by atoms with Gasteiger partial charge in [0.25, 0.3) is 0 Å². The highest BCUT2D eigenvalue weighted by molar-refractivity contribution is 5.80. The zero-order valence-electron chi connectivity index (χ0n) is 14.5. The lowest BCUT2D eigenvalue weighted by Crippen LogP contribution is -2.43. The van der Waals surface area contributed by atoms with Gasteiger partial charge in [0.05, 0.1) is 12.0 Å². The van der Waals surface area contributed by atoms with Crippen molar-refractivity contribution < 1.29 is 23.8 Å². The number of hydrogen-bond acceptors (Lipinski definition) is 3. The van der Waals surface area contributed by atoms with Gasteiger partial charge in [0.1, 0.15) is 17.2 Å². The Hall–Kier alpha value is -2.11. The summed E-state index contributed by atoms with van der Waals surface area (Å²) in [4.78, 5) is 23.9. The van der Waals surface area contributed by atoms with Crippen LogP contribution in [0.3, 0.4) is 0 Å². The summed E-state index contributed by atoms with van der Waals surface area (Å²) in [5.74, 6) is -1.61. The summed E-state index contributed by atoms with van der Waals surface area (Å²) in [5, 5.41) is 12.2. The third kappa shape index (κ3) is 3.94. The lowest BCUT2D eigenvalue weighted by molar-refractivity contribution is -0.144. The highest BCUT2D eigenvalue weighted by Gasteiger charge is 2.37. The van der Waals surface area contributed by atoms with E-state index in [-0.39, 0.29) is 23.7 Å². The molecule has 1 saturated carbocycles. The molecule has 1 aromatic carbocycles. The summed E-state index contributed by atoms with van der Waals surface area (Å²) in [6.45, 7) is 3.81. The highest BCUT2D eigenvalue weighted by Crippen LogP contribution is 2.40. The van der Waals surface area contributed by atoms with Crippen LogP contribution in [0.5, 0.6) is 5.75 Å². The minimum absolute atomic E-state index is 0.121. The van der Waals surface area contributed by atoms with E-state index < -0.39 is 17.5 Å². The minimum Gasteiger partial charge on any atom is -0.487 e. The summed E-state index contributed by atoms with van der Waals surface area (Å²) in [7, 11) is 0. The van der Waals surface area contributed by atoms with Gasteiger partial charge in [-0.15, -0.1) is 0 Å².